The molecule has 2 unspecified atom stereocenters. The lowest BCUT2D eigenvalue weighted by molar-refractivity contribution is -0.330. The number of carbonyl (C=O) groups excluding carboxylic acids is 1. The summed E-state index contributed by atoms with van der Waals surface area (Å²) in [6.07, 6.45) is -4.69. The number of nitrogens with zero attached hydrogens (tertiary/aromatic N) is 1. The molecule has 4 nitrogen and oxygen atoms in total. The van der Waals surface area contributed by atoms with Gasteiger partial charge in [0, 0.05) is 31.7 Å². The predicted octanol–water partition coefficient (Wildman–Crippen LogP) is 4.98. The normalized spacial score (nSPS) is 22.3. The van der Waals surface area contributed by atoms with Gasteiger partial charge in [0.25, 0.3) is 5.91 Å². The number of halogens is 3. The van der Waals surface area contributed by atoms with Crippen LogP contribution in [0.3, 0.4) is 0 Å². The van der Waals surface area contributed by atoms with Crippen LogP contribution in [0.2, 0.25) is 0 Å². The first-order valence-corrected chi connectivity index (χ1v) is 11.1. The van der Waals surface area contributed by atoms with Crippen LogP contribution in [-0.2, 0) is 17.9 Å². The van der Waals surface area contributed by atoms with E-state index in [1.165, 1.54) is 28.5 Å². The van der Waals surface area contributed by atoms with Crippen molar-refractivity contribution in [3.8, 4) is 0 Å². The molecule has 0 aromatic heterocycles. The molecule has 2 atom stereocenters. The first-order chi connectivity index (χ1) is 15.9. The number of nitrogens with one attached hydrogen (secondary N) is 1. The fourth-order valence-corrected chi connectivity index (χ4v) is 5.04. The second kappa shape index (κ2) is 8.80. The SMILES string of the molecule is O=C(NCC1C2CN(Cc3ccc4ccccc4c3)CC12)c1cccc(COC(F)(F)F)c1. The van der Waals surface area contributed by atoms with Gasteiger partial charge in [-0.05, 0) is 57.9 Å². The summed E-state index contributed by atoms with van der Waals surface area (Å²) < 4.78 is 40.6. The number of fused-ring (bicyclic) bond motifs is 2. The van der Waals surface area contributed by atoms with E-state index in [0.29, 0.717) is 35.4 Å². The van der Waals surface area contributed by atoms with Gasteiger partial charge in [0.2, 0.25) is 0 Å². The Kier molecular flexibility index (Phi) is 5.85. The van der Waals surface area contributed by atoms with E-state index in [2.05, 4.69) is 51.4 Å². The van der Waals surface area contributed by atoms with Crippen molar-refractivity contribution in [3.63, 3.8) is 0 Å². The van der Waals surface area contributed by atoms with Crippen LogP contribution in [0.15, 0.2) is 66.7 Å². The zero-order valence-electron chi connectivity index (χ0n) is 18.0. The van der Waals surface area contributed by atoms with E-state index in [9.17, 15) is 18.0 Å². The molecule has 172 valence electrons. The number of hydrogen-bond acceptors (Lipinski definition) is 3. The summed E-state index contributed by atoms with van der Waals surface area (Å²) in [6.45, 7) is 2.99. The van der Waals surface area contributed by atoms with Gasteiger partial charge < -0.3 is 5.32 Å². The van der Waals surface area contributed by atoms with Crippen molar-refractivity contribution >= 4 is 16.7 Å². The van der Waals surface area contributed by atoms with E-state index in [4.69, 9.17) is 0 Å². The molecular formula is C26H25F3N2O2. The molecule has 1 heterocycles. The molecule has 1 aliphatic heterocycles. The molecule has 33 heavy (non-hydrogen) atoms. The van der Waals surface area contributed by atoms with Crippen LogP contribution in [0.5, 0.6) is 0 Å². The number of hydrogen-bond donors (Lipinski definition) is 1. The third-order valence-corrected chi connectivity index (χ3v) is 6.76. The molecule has 1 saturated carbocycles. The molecule has 3 aromatic carbocycles. The Morgan fingerprint density at radius 1 is 0.939 bits per heavy atom. The molecule has 1 aliphatic carbocycles. The summed E-state index contributed by atoms with van der Waals surface area (Å²) in [5, 5.41) is 5.46. The quantitative estimate of drug-likeness (QED) is 0.547. The van der Waals surface area contributed by atoms with Gasteiger partial charge in [0.15, 0.2) is 0 Å². The predicted molar refractivity (Wildman–Crippen MR) is 119 cm³/mol. The zero-order valence-corrected chi connectivity index (χ0v) is 18.0. The smallest absolute Gasteiger partial charge is 0.352 e. The topological polar surface area (TPSA) is 41.6 Å². The summed E-state index contributed by atoms with van der Waals surface area (Å²) in [6, 6.07) is 21.1. The molecule has 0 radical (unpaired) electrons. The molecule has 3 aromatic rings. The van der Waals surface area contributed by atoms with Gasteiger partial charge in [-0.2, -0.15) is 0 Å². The molecule has 0 spiro atoms. The molecule has 2 aliphatic rings. The fraction of sp³-hybridized carbons (Fsp3) is 0.346. The molecule has 2 fully saturated rings. The van der Waals surface area contributed by atoms with Crippen LogP contribution in [0, 0.1) is 17.8 Å². The molecule has 7 heteroatoms. The highest BCUT2D eigenvalue weighted by atomic mass is 19.4. The number of amides is 1. The molecular weight excluding hydrogens is 429 g/mol. The maximum absolute atomic E-state index is 12.5. The Labute approximate surface area is 190 Å². The molecule has 1 saturated heterocycles. The fourth-order valence-electron chi connectivity index (χ4n) is 5.04. The van der Waals surface area contributed by atoms with E-state index >= 15 is 0 Å². The summed E-state index contributed by atoms with van der Waals surface area (Å²) in [5.41, 5.74) is 1.98. The van der Waals surface area contributed by atoms with Crippen LogP contribution < -0.4 is 5.32 Å². The van der Waals surface area contributed by atoms with Crippen LogP contribution in [0.25, 0.3) is 10.8 Å². The summed E-state index contributed by atoms with van der Waals surface area (Å²) in [7, 11) is 0. The van der Waals surface area contributed by atoms with E-state index in [-0.39, 0.29) is 5.91 Å². The Balaban J connectivity index is 1.09. The number of likely N-dealkylation sites (tertiary alicyclic amines) is 1. The Morgan fingerprint density at radius 3 is 2.45 bits per heavy atom. The van der Waals surface area contributed by atoms with E-state index in [1.54, 1.807) is 12.1 Å². The highest BCUT2D eigenvalue weighted by Crippen LogP contribution is 2.51. The highest BCUT2D eigenvalue weighted by Gasteiger charge is 2.55. The van der Waals surface area contributed by atoms with Crippen LogP contribution in [0.4, 0.5) is 13.2 Å². The van der Waals surface area contributed by atoms with Gasteiger partial charge in [0.05, 0.1) is 6.61 Å². The number of carbonyl (C=O) groups is 1. The Hall–Kier alpha value is -2.90. The monoisotopic (exact) mass is 454 g/mol. The van der Waals surface area contributed by atoms with Gasteiger partial charge in [-0.15, -0.1) is 13.2 Å². The van der Waals surface area contributed by atoms with Crippen molar-refractivity contribution in [3.05, 3.63) is 83.4 Å². The maximum Gasteiger partial charge on any atom is 0.522 e. The van der Waals surface area contributed by atoms with Crippen molar-refractivity contribution < 1.29 is 22.7 Å². The third kappa shape index (κ3) is 5.20. The number of rotatable bonds is 7. The first kappa shape index (κ1) is 21.9. The standard InChI is InChI=1S/C26H25F3N2O2/c27-26(28,29)33-16-18-4-3-7-21(11-18)25(32)30-12-22-23-14-31(15-24(22)23)13-17-8-9-19-5-1-2-6-20(19)10-17/h1-11,22-24H,12-16H2,(H,30,32). The second-order valence-corrected chi connectivity index (χ2v) is 9.01. The van der Waals surface area contributed by atoms with Crippen molar-refractivity contribution in [2.75, 3.05) is 19.6 Å². The molecule has 1 N–H and O–H groups in total. The molecule has 5 rings (SSSR count). The second-order valence-electron chi connectivity index (χ2n) is 9.01. The van der Waals surface area contributed by atoms with Crippen molar-refractivity contribution in [2.45, 2.75) is 19.5 Å². The zero-order chi connectivity index (χ0) is 23.0. The minimum Gasteiger partial charge on any atom is -0.352 e. The number of ether oxygens (including phenoxy) is 1. The van der Waals surface area contributed by atoms with E-state index in [0.717, 1.165) is 19.6 Å². The lowest BCUT2D eigenvalue weighted by Crippen LogP contribution is -2.30. The van der Waals surface area contributed by atoms with Gasteiger partial charge in [0.1, 0.15) is 0 Å². The van der Waals surface area contributed by atoms with Crippen molar-refractivity contribution in [1.82, 2.24) is 10.2 Å². The van der Waals surface area contributed by atoms with E-state index in [1.807, 2.05) is 6.07 Å². The molecule has 0 bridgehead atoms. The summed E-state index contributed by atoms with van der Waals surface area (Å²) in [5.74, 6) is 1.40. The minimum atomic E-state index is -4.69. The number of piperidine rings is 1. The minimum absolute atomic E-state index is 0.262. The number of benzene rings is 3. The first-order valence-electron chi connectivity index (χ1n) is 11.1. The average molecular weight is 454 g/mol. The van der Waals surface area contributed by atoms with Crippen LogP contribution in [0.1, 0.15) is 21.5 Å². The van der Waals surface area contributed by atoms with Crippen molar-refractivity contribution in [2.24, 2.45) is 17.8 Å². The van der Waals surface area contributed by atoms with E-state index < -0.39 is 13.0 Å². The number of alkyl halides is 3. The average Bonchev–Trinajstić information content (AvgIpc) is 3.26. The van der Waals surface area contributed by atoms with Gasteiger partial charge in [-0.25, -0.2) is 0 Å². The lowest BCUT2D eigenvalue weighted by Gasteiger charge is -2.20. The third-order valence-electron chi connectivity index (χ3n) is 6.76. The van der Waals surface area contributed by atoms with Crippen LogP contribution >= 0.6 is 0 Å². The Morgan fingerprint density at radius 2 is 1.70 bits per heavy atom. The highest BCUT2D eigenvalue weighted by molar-refractivity contribution is 5.94. The van der Waals surface area contributed by atoms with Gasteiger partial charge in [-0.3, -0.25) is 14.4 Å². The lowest BCUT2D eigenvalue weighted by atomic mass is 10.1. The van der Waals surface area contributed by atoms with Gasteiger partial charge >= 0.3 is 6.36 Å². The van der Waals surface area contributed by atoms with Crippen LogP contribution in [-0.4, -0.2) is 36.8 Å². The van der Waals surface area contributed by atoms with Gasteiger partial charge in [-0.1, -0.05) is 48.5 Å². The maximum atomic E-state index is 12.5. The summed E-state index contributed by atoms with van der Waals surface area (Å²) >= 11 is 0. The van der Waals surface area contributed by atoms with Crippen molar-refractivity contribution in [1.29, 1.82) is 0 Å². The largest absolute Gasteiger partial charge is 0.522 e. The Bertz CT molecular complexity index is 1150. The molecule has 1 amide bonds. The summed E-state index contributed by atoms with van der Waals surface area (Å²) in [4.78, 5) is 15.0.